The van der Waals surface area contributed by atoms with Crippen LogP contribution in [0.5, 0.6) is 0 Å². The van der Waals surface area contributed by atoms with Crippen LogP contribution in [0.4, 0.5) is 11.4 Å². The van der Waals surface area contributed by atoms with Crippen molar-refractivity contribution < 1.29 is 13.2 Å². The summed E-state index contributed by atoms with van der Waals surface area (Å²) in [5, 5.41) is 3.31. The summed E-state index contributed by atoms with van der Waals surface area (Å²) in [7, 11) is 1.60. The number of thioether (sulfide) groups is 1. The average Bonchev–Trinajstić information content (AvgIpc) is 2.35. The Morgan fingerprint density at radius 1 is 1.42 bits per heavy atom. The minimum Gasteiger partial charge on any atom is -0.378 e. The molecule has 19 heavy (non-hydrogen) atoms. The first-order valence-corrected chi connectivity index (χ1v) is 7.92. The van der Waals surface area contributed by atoms with Crippen LogP contribution in [0.25, 0.3) is 0 Å². The van der Waals surface area contributed by atoms with Gasteiger partial charge in [0.05, 0.1) is 11.6 Å². The smallest absolute Gasteiger partial charge is 0.286 e. The summed E-state index contributed by atoms with van der Waals surface area (Å²) in [6, 6.07) is 5.20. The molecule has 1 aliphatic heterocycles. The Kier molecular flexibility index (Phi) is 4.02. The van der Waals surface area contributed by atoms with Gasteiger partial charge in [-0.2, -0.15) is 8.42 Å². The lowest BCUT2D eigenvalue weighted by Gasteiger charge is -2.20. The van der Waals surface area contributed by atoms with Gasteiger partial charge in [-0.1, -0.05) is 11.8 Å². The predicted octanol–water partition coefficient (Wildman–Crippen LogP) is 1.56. The van der Waals surface area contributed by atoms with Crippen molar-refractivity contribution in [2.75, 3.05) is 37.4 Å². The van der Waals surface area contributed by atoms with Gasteiger partial charge >= 0.3 is 0 Å². The Bertz CT molecular complexity index is 612. The number of benzene rings is 1. The van der Waals surface area contributed by atoms with Crippen LogP contribution in [0.3, 0.4) is 0 Å². The fraction of sp³-hybridized carbons (Fsp3) is 0.364. The molecule has 1 heterocycles. The summed E-state index contributed by atoms with van der Waals surface area (Å²) >= 11 is 1.20. The Labute approximate surface area is 116 Å². The van der Waals surface area contributed by atoms with Crippen molar-refractivity contribution in [3.05, 3.63) is 18.2 Å². The third-order valence-corrected chi connectivity index (χ3v) is 4.77. The van der Waals surface area contributed by atoms with E-state index in [0.717, 1.165) is 5.69 Å². The Morgan fingerprint density at radius 2 is 2.16 bits per heavy atom. The molecular weight excluding hydrogens is 286 g/mol. The van der Waals surface area contributed by atoms with Crippen molar-refractivity contribution in [3.8, 4) is 0 Å². The average molecular weight is 301 g/mol. The summed E-state index contributed by atoms with van der Waals surface area (Å²) in [5.41, 5.74) is 1.35. The maximum atomic E-state index is 12.1. The molecule has 1 aromatic rings. The van der Waals surface area contributed by atoms with Crippen molar-refractivity contribution in [1.29, 1.82) is 0 Å². The predicted molar refractivity (Wildman–Crippen MR) is 78.5 cm³/mol. The molecule has 0 amide bonds. The fourth-order valence-electron chi connectivity index (χ4n) is 1.58. The van der Waals surface area contributed by atoms with E-state index in [0.29, 0.717) is 16.8 Å². The van der Waals surface area contributed by atoms with Gasteiger partial charge in [-0.15, -0.1) is 4.40 Å². The highest BCUT2D eigenvalue weighted by Gasteiger charge is 2.25. The van der Waals surface area contributed by atoms with Crippen LogP contribution in [-0.4, -0.2) is 40.7 Å². The topological polar surface area (TPSA) is 71.0 Å². The monoisotopic (exact) mass is 301 g/mol. The molecule has 0 unspecified atom stereocenters. The molecule has 2 rings (SSSR count). The highest BCUT2D eigenvalue weighted by atomic mass is 32.2. The summed E-state index contributed by atoms with van der Waals surface area (Å²) in [6.07, 6.45) is 0. The Morgan fingerprint density at radius 3 is 2.79 bits per heavy atom. The van der Waals surface area contributed by atoms with Crippen molar-refractivity contribution in [2.24, 2.45) is 4.40 Å². The van der Waals surface area contributed by atoms with Crippen LogP contribution in [0.2, 0.25) is 0 Å². The summed E-state index contributed by atoms with van der Waals surface area (Å²) in [4.78, 5) is 2.04. The number of fused-ring (bicyclic) bond motifs is 1. The molecule has 1 aliphatic rings. The standard InChI is InChI=1S/C11H15N3O3S2/c1-14(2)8-4-5-9-10(6-8)19(15,16)13-11(12-9)18-7-17-3/h4-6H,7H2,1-3H3,(H,12,13). The van der Waals surface area contributed by atoms with Crippen LogP contribution >= 0.6 is 11.8 Å². The molecule has 0 spiro atoms. The van der Waals surface area contributed by atoms with Gasteiger partial charge in [0.15, 0.2) is 5.17 Å². The van der Waals surface area contributed by atoms with E-state index in [1.165, 1.54) is 11.8 Å². The third kappa shape index (κ3) is 3.02. The number of rotatable bonds is 3. The maximum Gasteiger partial charge on any atom is 0.286 e. The van der Waals surface area contributed by atoms with Gasteiger partial charge < -0.3 is 15.0 Å². The first-order valence-electron chi connectivity index (χ1n) is 5.49. The largest absolute Gasteiger partial charge is 0.378 e. The summed E-state index contributed by atoms with van der Waals surface area (Å²) < 4.78 is 32.9. The molecule has 1 N–H and O–H groups in total. The highest BCUT2D eigenvalue weighted by Crippen LogP contribution is 2.32. The quantitative estimate of drug-likeness (QED) is 0.854. The Hall–Kier alpha value is -1.25. The molecule has 104 valence electrons. The molecule has 6 nitrogen and oxygen atoms in total. The lowest BCUT2D eigenvalue weighted by molar-refractivity contribution is 0.259. The van der Waals surface area contributed by atoms with E-state index in [2.05, 4.69) is 9.71 Å². The molecule has 0 aromatic heterocycles. The molecule has 0 saturated heterocycles. The zero-order valence-electron chi connectivity index (χ0n) is 10.9. The first kappa shape index (κ1) is 14.2. The zero-order chi connectivity index (χ0) is 14.0. The van der Waals surface area contributed by atoms with Crippen molar-refractivity contribution in [3.63, 3.8) is 0 Å². The number of methoxy groups -OCH3 is 1. The molecule has 0 fully saturated rings. The number of sulfonamides is 1. The normalized spacial score (nSPS) is 16.3. The second-order valence-corrected chi connectivity index (χ2v) is 6.61. The van der Waals surface area contributed by atoms with Crippen LogP contribution in [0.15, 0.2) is 27.5 Å². The van der Waals surface area contributed by atoms with Gasteiger partial charge in [0.25, 0.3) is 10.0 Å². The lowest BCUT2D eigenvalue weighted by Crippen LogP contribution is -2.20. The third-order valence-electron chi connectivity index (χ3n) is 2.52. The molecule has 0 bridgehead atoms. The number of ether oxygens (including phenoxy) is 1. The highest BCUT2D eigenvalue weighted by molar-refractivity contribution is 8.14. The number of anilines is 2. The second-order valence-electron chi connectivity index (χ2n) is 4.12. The van der Waals surface area contributed by atoms with Gasteiger partial charge in [-0.3, -0.25) is 0 Å². The van der Waals surface area contributed by atoms with Crippen LogP contribution in [0.1, 0.15) is 0 Å². The van der Waals surface area contributed by atoms with Crippen LogP contribution < -0.4 is 10.2 Å². The minimum absolute atomic E-state index is 0.195. The lowest BCUT2D eigenvalue weighted by atomic mass is 10.2. The number of hydrogen-bond acceptors (Lipinski definition) is 6. The van der Waals surface area contributed by atoms with E-state index < -0.39 is 10.0 Å². The van der Waals surface area contributed by atoms with Crippen molar-refractivity contribution in [1.82, 2.24) is 0 Å². The van der Waals surface area contributed by atoms with Crippen molar-refractivity contribution in [2.45, 2.75) is 4.90 Å². The van der Waals surface area contributed by atoms with Crippen LogP contribution in [-0.2, 0) is 14.8 Å². The molecule has 0 atom stereocenters. The molecule has 0 radical (unpaired) electrons. The number of hydrogen-bond donors (Lipinski definition) is 1. The number of amidine groups is 1. The van der Waals surface area contributed by atoms with E-state index in [4.69, 9.17) is 4.74 Å². The van der Waals surface area contributed by atoms with Gasteiger partial charge in [0.2, 0.25) is 0 Å². The minimum atomic E-state index is -3.66. The van der Waals surface area contributed by atoms with E-state index in [9.17, 15) is 8.42 Å². The summed E-state index contributed by atoms with van der Waals surface area (Å²) in [6.45, 7) is 0. The van der Waals surface area contributed by atoms with Gasteiger partial charge in [-0.25, -0.2) is 0 Å². The second kappa shape index (κ2) is 5.40. The fourth-order valence-corrected chi connectivity index (χ4v) is 3.53. The Balaban J connectivity index is 2.40. The van der Waals surface area contributed by atoms with Crippen molar-refractivity contribution >= 4 is 38.3 Å². The molecule has 8 heteroatoms. The van der Waals surface area contributed by atoms with E-state index in [1.54, 1.807) is 19.2 Å². The van der Waals surface area contributed by atoms with Gasteiger partial charge in [0, 0.05) is 26.9 Å². The SMILES string of the molecule is COCSC1=NS(=O)(=O)c2cc(N(C)C)ccc2N1. The van der Waals surface area contributed by atoms with Gasteiger partial charge in [-0.05, 0) is 18.2 Å². The molecule has 0 aliphatic carbocycles. The summed E-state index contributed by atoms with van der Waals surface area (Å²) in [5.74, 6) is 0.340. The maximum absolute atomic E-state index is 12.1. The molecule has 1 aromatic carbocycles. The van der Waals surface area contributed by atoms with E-state index in [1.807, 2.05) is 25.1 Å². The van der Waals surface area contributed by atoms with E-state index >= 15 is 0 Å². The molecule has 0 saturated carbocycles. The number of nitrogens with zero attached hydrogens (tertiary/aromatic N) is 2. The zero-order valence-corrected chi connectivity index (χ0v) is 12.5. The molecular formula is C11H15N3O3S2. The first-order chi connectivity index (χ1) is 8.94. The van der Waals surface area contributed by atoms with Crippen LogP contribution in [0, 0.1) is 0 Å². The number of nitrogens with one attached hydrogen (secondary N) is 1. The van der Waals surface area contributed by atoms with E-state index in [-0.39, 0.29) is 4.90 Å². The van der Waals surface area contributed by atoms with Gasteiger partial charge in [0.1, 0.15) is 4.90 Å².